The van der Waals surface area contributed by atoms with Gasteiger partial charge in [-0.05, 0) is 58.7 Å². The Morgan fingerprint density at radius 2 is 1.51 bits per heavy atom. The fraction of sp³-hybridized carbons (Fsp3) is 0.143. The second-order valence-corrected chi connectivity index (χ2v) is 7.76. The first-order valence-corrected chi connectivity index (χ1v) is 11.2. The lowest BCUT2D eigenvalue weighted by molar-refractivity contribution is -0.124. The molecule has 0 aromatic heterocycles. The van der Waals surface area contributed by atoms with Gasteiger partial charge in [0.25, 0.3) is 11.8 Å². The minimum absolute atomic E-state index is 0.230. The Bertz CT molecular complexity index is 1280. The number of methoxy groups -OCH3 is 3. The first-order chi connectivity index (χ1) is 17.9. The molecule has 0 radical (unpaired) electrons. The predicted molar refractivity (Wildman–Crippen MR) is 138 cm³/mol. The number of benzene rings is 3. The maximum atomic E-state index is 13.6. The molecule has 9 heteroatoms. The summed E-state index contributed by atoms with van der Waals surface area (Å²) in [5.74, 6) is -0.144. The summed E-state index contributed by atoms with van der Waals surface area (Å²) in [5, 5.41) is 11.4. The second-order valence-electron chi connectivity index (χ2n) is 7.76. The van der Waals surface area contributed by atoms with E-state index in [1.807, 2.05) is 0 Å². The van der Waals surface area contributed by atoms with Gasteiger partial charge in [0.1, 0.15) is 5.82 Å². The van der Waals surface area contributed by atoms with Gasteiger partial charge >= 0.3 is 0 Å². The minimum atomic E-state index is -0.636. The first-order valence-electron chi connectivity index (χ1n) is 11.2. The molecule has 0 bridgehead atoms. The maximum absolute atomic E-state index is 13.6. The van der Waals surface area contributed by atoms with Crippen molar-refractivity contribution >= 4 is 29.5 Å². The van der Waals surface area contributed by atoms with Crippen LogP contribution in [-0.2, 0) is 16.1 Å². The smallest absolute Gasteiger partial charge is 0.267 e. The number of hydrogen-bond donors (Lipinski definition) is 3. The highest BCUT2D eigenvalue weighted by Gasteiger charge is 2.16. The molecule has 0 saturated heterocycles. The number of rotatable bonds is 10. The third kappa shape index (κ3) is 7.18. The Kier molecular flexibility index (Phi) is 9.40. The molecule has 0 aliphatic heterocycles. The third-order valence-corrected chi connectivity index (χ3v) is 5.37. The van der Waals surface area contributed by atoms with E-state index in [1.165, 1.54) is 57.2 Å². The normalized spacial score (nSPS) is 11.2. The molecule has 0 fully saturated rings. The summed E-state index contributed by atoms with van der Waals surface area (Å²) >= 11 is 0. The largest absolute Gasteiger partial charge is 0.493 e. The van der Waals surface area contributed by atoms with Gasteiger partial charge in [0.15, 0.2) is 11.5 Å². The topological polar surface area (TPSA) is 106 Å². The number of hydrogen-bond acceptors (Lipinski definition) is 6. The molecule has 0 spiro atoms. The molecule has 0 saturated carbocycles. The maximum Gasteiger partial charge on any atom is 0.267 e. The fourth-order valence-electron chi connectivity index (χ4n) is 3.49. The van der Waals surface area contributed by atoms with E-state index in [0.29, 0.717) is 33.9 Å². The average Bonchev–Trinajstić information content (AvgIpc) is 2.93. The Hall–Kier alpha value is -4.63. The molecule has 3 N–H and O–H groups in total. The van der Waals surface area contributed by atoms with Crippen LogP contribution in [0.3, 0.4) is 0 Å². The summed E-state index contributed by atoms with van der Waals surface area (Å²) in [5.41, 5.74) is 4.54. The molecule has 0 heterocycles. The van der Waals surface area contributed by atoms with E-state index in [9.17, 15) is 14.0 Å². The fourth-order valence-corrected chi connectivity index (χ4v) is 3.49. The van der Waals surface area contributed by atoms with E-state index < -0.39 is 11.7 Å². The van der Waals surface area contributed by atoms with Crippen molar-refractivity contribution in [3.63, 3.8) is 0 Å². The molecule has 0 atom stereocenters. The molecular formula is C28H27FN2O6. The minimum Gasteiger partial charge on any atom is -0.493 e. The van der Waals surface area contributed by atoms with Gasteiger partial charge in [-0.1, -0.05) is 36.4 Å². The molecule has 3 rings (SSSR count). The van der Waals surface area contributed by atoms with Crippen LogP contribution < -0.4 is 25.0 Å². The van der Waals surface area contributed by atoms with Crippen molar-refractivity contribution in [1.29, 1.82) is 0 Å². The summed E-state index contributed by atoms with van der Waals surface area (Å²) in [6.07, 6.45) is 4.40. The van der Waals surface area contributed by atoms with Gasteiger partial charge in [0.2, 0.25) is 5.75 Å². The Labute approximate surface area is 213 Å². The van der Waals surface area contributed by atoms with Crippen molar-refractivity contribution in [2.24, 2.45) is 0 Å². The summed E-state index contributed by atoms with van der Waals surface area (Å²) in [4.78, 5) is 24.4. The highest BCUT2D eigenvalue weighted by Crippen LogP contribution is 2.39. The molecule has 0 aliphatic carbocycles. The van der Waals surface area contributed by atoms with E-state index in [0.717, 1.165) is 11.1 Å². The summed E-state index contributed by atoms with van der Waals surface area (Å²) in [7, 11) is 4.50. The van der Waals surface area contributed by atoms with E-state index in [4.69, 9.17) is 19.4 Å². The highest BCUT2D eigenvalue weighted by molar-refractivity contribution is 6.24. The van der Waals surface area contributed by atoms with Gasteiger partial charge in [-0.2, -0.15) is 0 Å². The van der Waals surface area contributed by atoms with Crippen LogP contribution >= 0.6 is 0 Å². The number of carbonyl (C=O) groups is 2. The first kappa shape index (κ1) is 27.0. The van der Waals surface area contributed by atoms with Gasteiger partial charge in [-0.3, -0.25) is 14.8 Å². The van der Waals surface area contributed by atoms with Crippen LogP contribution in [0.5, 0.6) is 17.2 Å². The Morgan fingerprint density at radius 1 is 0.892 bits per heavy atom. The Morgan fingerprint density at radius 3 is 2.05 bits per heavy atom. The summed E-state index contributed by atoms with van der Waals surface area (Å²) in [6, 6.07) is 16.2. The van der Waals surface area contributed by atoms with E-state index in [-0.39, 0.29) is 12.5 Å². The van der Waals surface area contributed by atoms with Crippen LogP contribution in [0.4, 0.5) is 4.39 Å². The molecule has 0 aliphatic rings. The van der Waals surface area contributed by atoms with Crippen molar-refractivity contribution < 1.29 is 33.4 Å². The molecule has 2 amide bonds. The van der Waals surface area contributed by atoms with Crippen molar-refractivity contribution in [2.45, 2.75) is 6.54 Å². The van der Waals surface area contributed by atoms with E-state index >= 15 is 0 Å². The van der Waals surface area contributed by atoms with Gasteiger partial charge in [-0.25, -0.2) is 9.87 Å². The number of carbonyl (C=O) groups excluding carboxylic acids is 2. The zero-order chi connectivity index (χ0) is 26.8. The van der Waals surface area contributed by atoms with Crippen LogP contribution in [0.25, 0.3) is 17.7 Å². The highest BCUT2D eigenvalue weighted by atomic mass is 19.1. The lowest BCUT2D eigenvalue weighted by atomic mass is 10.0. The van der Waals surface area contributed by atoms with Crippen LogP contribution in [0.1, 0.15) is 22.3 Å². The summed E-state index contributed by atoms with van der Waals surface area (Å²) < 4.78 is 29.8. The zero-order valence-electron chi connectivity index (χ0n) is 20.6. The standard InChI is InChI=1S/C28H27FN2O6/c1-35-24-15-20(16-25(36-2)27(24)37-3)14-23(21-9-11-22(29)12-10-21)28(33)30-17-19-6-4-18(5-7-19)8-13-26(32)31-34/h4-16,34H,17H2,1-3H3,(H,30,33)(H,31,32)/b13-8+,23-14-. The van der Waals surface area contributed by atoms with Crippen molar-refractivity contribution in [2.75, 3.05) is 21.3 Å². The van der Waals surface area contributed by atoms with Crippen LogP contribution in [0.2, 0.25) is 0 Å². The second kappa shape index (κ2) is 12.9. The predicted octanol–water partition coefficient (Wildman–Crippen LogP) is 4.23. The Balaban J connectivity index is 1.88. The quantitative estimate of drug-likeness (QED) is 0.165. The SMILES string of the molecule is COc1cc(/C=C(\C(=O)NCc2ccc(/C=C/C(=O)NO)cc2)c2ccc(F)cc2)cc(OC)c1OC. The number of amides is 2. The zero-order valence-corrected chi connectivity index (χ0v) is 20.6. The lowest BCUT2D eigenvalue weighted by Gasteiger charge is -2.14. The molecule has 8 nitrogen and oxygen atoms in total. The van der Waals surface area contributed by atoms with Gasteiger partial charge in [0, 0.05) is 18.2 Å². The van der Waals surface area contributed by atoms with Gasteiger partial charge in [0.05, 0.1) is 21.3 Å². The van der Waals surface area contributed by atoms with Gasteiger partial charge in [-0.15, -0.1) is 0 Å². The third-order valence-electron chi connectivity index (χ3n) is 5.37. The van der Waals surface area contributed by atoms with E-state index in [2.05, 4.69) is 5.32 Å². The van der Waals surface area contributed by atoms with Gasteiger partial charge < -0.3 is 19.5 Å². The number of nitrogens with one attached hydrogen (secondary N) is 2. The molecule has 3 aromatic rings. The molecular weight excluding hydrogens is 479 g/mol. The number of halogens is 1. The average molecular weight is 507 g/mol. The van der Waals surface area contributed by atoms with Crippen LogP contribution in [-0.4, -0.2) is 38.4 Å². The number of ether oxygens (including phenoxy) is 3. The molecule has 37 heavy (non-hydrogen) atoms. The molecule has 192 valence electrons. The lowest BCUT2D eigenvalue weighted by Crippen LogP contribution is -2.23. The van der Waals surface area contributed by atoms with Crippen molar-refractivity contribution in [3.8, 4) is 17.2 Å². The summed E-state index contributed by atoms with van der Waals surface area (Å²) in [6.45, 7) is 0.230. The van der Waals surface area contributed by atoms with Crippen LogP contribution in [0, 0.1) is 5.82 Å². The molecule has 3 aromatic carbocycles. The number of hydroxylamine groups is 1. The van der Waals surface area contributed by atoms with E-state index in [1.54, 1.807) is 48.6 Å². The van der Waals surface area contributed by atoms with Crippen molar-refractivity contribution in [3.05, 3.63) is 94.8 Å². The molecule has 0 unspecified atom stereocenters. The monoisotopic (exact) mass is 506 g/mol. The van der Waals surface area contributed by atoms with Crippen LogP contribution in [0.15, 0.2) is 66.7 Å². The van der Waals surface area contributed by atoms with Crippen molar-refractivity contribution in [1.82, 2.24) is 10.8 Å².